The zero-order chi connectivity index (χ0) is 18.8. The first-order valence-electron chi connectivity index (χ1n) is 6.52. The highest BCUT2D eigenvalue weighted by Crippen LogP contribution is 2.40. The molecule has 0 saturated carbocycles. The summed E-state index contributed by atoms with van der Waals surface area (Å²) in [7, 11) is 0. The van der Waals surface area contributed by atoms with Crippen molar-refractivity contribution in [2.24, 2.45) is 0 Å². The molecule has 4 nitrogen and oxygen atoms in total. The molecule has 25 heavy (non-hydrogen) atoms. The SMILES string of the molecule is O=C(NC(=O)c1ccccc1F)Nc1cc(Cl)cc(C(F)(F)F)c1Cl. The molecule has 0 saturated heterocycles. The number of carbonyl (C=O) groups is 2. The van der Waals surface area contributed by atoms with E-state index in [0.29, 0.717) is 6.07 Å². The fraction of sp³-hybridized carbons (Fsp3) is 0.0667. The highest BCUT2D eigenvalue weighted by Gasteiger charge is 2.35. The lowest BCUT2D eigenvalue weighted by Gasteiger charge is -2.14. The molecule has 0 bridgehead atoms. The number of imide groups is 1. The average Bonchev–Trinajstić information content (AvgIpc) is 2.49. The predicted octanol–water partition coefficient (Wildman–Crippen LogP) is 5.11. The van der Waals surface area contributed by atoms with Gasteiger partial charge in [-0.1, -0.05) is 35.3 Å². The molecule has 3 amide bonds. The molecular weight excluding hydrogens is 387 g/mol. The zero-order valence-corrected chi connectivity index (χ0v) is 13.6. The van der Waals surface area contributed by atoms with Crippen molar-refractivity contribution < 1.29 is 27.2 Å². The number of hydrogen-bond donors (Lipinski definition) is 2. The molecular formula is C15H8Cl2F4N2O2. The summed E-state index contributed by atoms with van der Waals surface area (Å²) in [5.41, 5.74) is -2.12. The molecule has 0 radical (unpaired) electrons. The zero-order valence-electron chi connectivity index (χ0n) is 12.0. The fourth-order valence-corrected chi connectivity index (χ4v) is 2.34. The van der Waals surface area contributed by atoms with Gasteiger partial charge in [0.1, 0.15) is 5.82 Å². The van der Waals surface area contributed by atoms with Crippen molar-refractivity contribution in [3.63, 3.8) is 0 Å². The van der Waals surface area contributed by atoms with Crippen LogP contribution in [0.5, 0.6) is 0 Å². The number of carbonyl (C=O) groups excluding carboxylic acids is 2. The molecule has 10 heteroatoms. The second-order valence-corrected chi connectivity index (χ2v) is 5.52. The third-order valence-corrected chi connectivity index (χ3v) is 3.56. The molecule has 0 unspecified atom stereocenters. The molecule has 0 aliphatic rings. The minimum atomic E-state index is -4.79. The number of anilines is 1. The van der Waals surface area contributed by atoms with Crippen LogP contribution in [-0.4, -0.2) is 11.9 Å². The van der Waals surface area contributed by atoms with Gasteiger partial charge < -0.3 is 5.32 Å². The summed E-state index contributed by atoms with van der Waals surface area (Å²) < 4.78 is 52.0. The van der Waals surface area contributed by atoms with Crippen molar-refractivity contribution in [2.75, 3.05) is 5.32 Å². The minimum absolute atomic E-state index is 0.326. The Kier molecular flexibility index (Phi) is 5.54. The lowest BCUT2D eigenvalue weighted by Crippen LogP contribution is -2.35. The maximum absolute atomic E-state index is 13.5. The average molecular weight is 395 g/mol. The molecule has 0 aliphatic heterocycles. The first-order chi connectivity index (χ1) is 11.6. The Hall–Kier alpha value is -2.32. The number of hydrogen-bond acceptors (Lipinski definition) is 2. The Bertz CT molecular complexity index is 841. The van der Waals surface area contributed by atoms with Crippen molar-refractivity contribution >= 4 is 40.8 Å². The number of rotatable bonds is 2. The lowest BCUT2D eigenvalue weighted by atomic mass is 10.2. The molecule has 0 aromatic heterocycles. The molecule has 2 aromatic rings. The normalized spacial score (nSPS) is 11.1. The van der Waals surface area contributed by atoms with Crippen molar-refractivity contribution in [1.82, 2.24) is 5.32 Å². The van der Waals surface area contributed by atoms with Crippen molar-refractivity contribution in [3.8, 4) is 0 Å². The monoisotopic (exact) mass is 394 g/mol. The second kappa shape index (κ2) is 7.28. The van der Waals surface area contributed by atoms with Gasteiger partial charge in [0.25, 0.3) is 5.91 Å². The van der Waals surface area contributed by atoms with Gasteiger partial charge >= 0.3 is 12.2 Å². The van der Waals surface area contributed by atoms with E-state index in [1.807, 2.05) is 5.32 Å². The van der Waals surface area contributed by atoms with Crippen LogP contribution in [0.2, 0.25) is 10.0 Å². The smallest absolute Gasteiger partial charge is 0.306 e. The van der Waals surface area contributed by atoms with Crippen LogP contribution in [0.25, 0.3) is 0 Å². The van der Waals surface area contributed by atoms with Gasteiger partial charge in [-0.15, -0.1) is 0 Å². The summed E-state index contributed by atoms with van der Waals surface area (Å²) in [4.78, 5) is 23.6. The topological polar surface area (TPSA) is 58.2 Å². The van der Waals surface area contributed by atoms with Gasteiger partial charge in [0, 0.05) is 5.02 Å². The molecule has 0 atom stereocenters. The fourth-order valence-electron chi connectivity index (χ4n) is 1.86. The number of halogens is 6. The molecule has 0 fully saturated rings. The quantitative estimate of drug-likeness (QED) is 0.695. The van der Waals surface area contributed by atoms with Crippen molar-refractivity contribution in [1.29, 1.82) is 0 Å². The van der Waals surface area contributed by atoms with Gasteiger partial charge in [0.15, 0.2) is 0 Å². The molecule has 0 spiro atoms. The van der Waals surface area contributed by atoms with Crippen LogP contribution in [0.1, 0.15) is 15.9 Å². The number of nitrogens with one attached hydrogen (secondary N) is 2. The number of urea groups is 1. The molecule has 2 aromatic carbocycles. The predicted molar refractivity (Wildman–Crippen MR) is 84.3 cm³/mol. The van der Waals surface area contributed by atoms with Gasteiger partial charge in [-0.05, 0) is 24.3 Å². The first-order valence-corrected chi connectivity index (χ1v) is 7.28. The summed E-state index contributed by atoms with van der Waals surface area (Å²) in [5.74, 6) is -1.95. The van der Waals surface area contributed by atoms with E-state index < -0.39 is 45.8 Å². The number of benzene rings is 2. The van der Waals surface area contributed by atoms with Crippen LogP contribution in [0.15, 0.2) is 36.4 Å². The Morgan fingerprint density at radius 1 is 1.04 bits per heavy atom. The van der Waals surface area contributed by atoms with E-state index in [4.69, 9.17) is 23.2 Å². The third-order valence-electron chi connectivity index (χ3n) is 2.94. The van der Waals surface area contributed by atoms with E-state index in [9.17, 15) is 27.2 Å². The van der Waals surface area contributed by atoms with E-state index in [2.05, 4.69) is 0 Å². The van der Waals surface area contributed by atoms with E-state index in [-0.39, 0.29) is 5.02 Å². The second-order valence-electron chi connectivity index (χ2n) is 4.70. The van der Waals surface area contributed by atoms with Crippen LogP contribution in [0.3, 0.4) is 0 Å². The van der Waals surface area contributed by atoms with Gasteiger partial charge in [0.05, 0.1) is 21.8 Å². The lowest BCUT2D eigenvalue weighted by molar-refractivity contribution is -0.137. The van der Waals surface area contributed by atoms with Crippen LogP contribution in [0.4, 0.5) is 28.0 Å². The Balaban J connectivity index is 2.20. The third kappa shape index (κ3) is 4.61. The summed E-state index contributed by atoms with van der Waals surface area (Å²) in [5, 5.41) is 2.63. The summed E-state index contributed by atoms with van der Waals surface area (Å²) >= 11 is 11.2. The van der Waals surface area contributed by atoms with E-state index in [0.717, 1.165) is 18.2 Å². The van der Waals surface area contributed by atoms with Crippen LogP contribution in [0, 0.1) is 5.82 Å². The largest absolute Gasteiger partial charge is 0.417 e. The minimum Gasteiger partial charge on any atom is -0.306 e. The number of amides is 3. The highest BCUT2D eigenvalue weighted by molar-refractivity contribution is 6.36. The molecule has 0 heterocycles. The van der Waals surface area contributed by atoms with Crippen molar-refractivity contribution in [3.05, 3.63) is 63.4 Å². The van der Waals surface area contributed by atoms with E-state index >= 15 is 0 Å². The van der Waals surface area contributed by atoms with E-state index in [1.54, 1.807) is 5.32 Å². The van der Waals surface area contributed by atoms with Gasteiger partial charge in [0.2, 0.25) is 0 Å². The molecule has 132 valence electrons. The maximum Gasteiger partial charge on any atom is 0.417 e. The van der Waals surface area contributed by atoms with Gasteiger partial charge in [-0.2, -0.15) is 13.2 Å². The highest BCUT2D eigenvalue weighted by atomic mass is 35.5. The van der Waals surface area contributed by atoms with Crippen LogP contribution >= 0.6 is 23.2 Å². The maximum atomic E-state index is 13.5. The van der Waals surface area contributed by atoms with Gasteiger partial charge in [-0.3, -0.25) is 10.1 Å². The molecule has 2 N–H and O–H groups in total. The number of alkyl halides is 3. The Morgan fingerprint density at radius 3 is 2.28 bits per heavy atom. The van der Waals surface area contributed by atoms with Crippen molar-refractivity contribution in [2.45, 2.75) is 6.18 Å². The standard InChI is InChI=1S/C15H8Cl2F4N2O2/c16-7-5-9(15(19,20)21)12(17)11(6-7)22-14(25)23-13(24)8-3-1-2-4-10(8)18/h1-6H,(H2,22,23,24,25). The molecule has 0 aliphatic carbocycles. The van der Waals surface area contributed by atoms with Crippen LogP contribution < -0.4 is 10.6 Å². The Labute approximate surface area is 148 Å². The van der Waals surface area contributed by atoms with E-state index in [1.165, 1.54) is 12.1 Å². The first kappa shape index (κ1) is 19.0. The summed E-state index contributed by atoms with van der Waals surface area (Å²) in [6.07, 6.45) is -4.79. The summed E-state index contributed by atoms with van der Waals surface area (Å²) in [6.45, 7) is 0. The van der Waals surface area contributed by atoms with Gasteiger partial charge in [-0.25, -0.2) is 9.18 Å². The Morgan fingerprint density at radius 2 is 1.68 bits per heavy atom. The molecule has 2 rings (SSSR count). The summed E-state index contributed by atoms with van der Waals surface area (Å²) in [6, 6.07) is 5.23. The van der Waals surface area contributed by atoms with Crippen LogP contribution in [-0.2, 0) is 6.18 Å².